The standard InChI is InChI=1S/C39H62N4O5/c1-3-4-6-10-27-14-15-30(35(44)21-27)11-7-5-8-13-34(38(46)47)36(45)24-32(26-41-2)39(48)25-29(19-28-16-18-43-37(40)22-28)20-31(39)23-33-12-9-17-42-33/h9,12,14-18,22,27,29-32,34-36,41-42,44-45,48H,3-8,10-11,13,19-21,23-26H2,1-2H3,(H2,40,43)(H,46,47)/t27-,29-,30-,31+,32+,34+,35-,36-,39+/m1/s1. The average Bonchev–Trinajstić information content (AvgIpc) is 3.67. The van der Waals surface area contributed by atoms with E-state index in [0.717, 1.165) is 56.2 Å². The molecule has 268 valence electrons. The minimum Gasteiger partial charge on any atom is -0.481 e. The van der Waals surface area contributed by atoms with E-state index in [-0.39, 0.29) is 36.2 Å². The van der Waals surface area contributed by atoms with Gasteiger partial charge >= 0.3 is 5.97 Å². The number of nitrogen functional groups attached to an aromatic ring is 1. The van der Waals surface area contributed by atoms with Crippen LogP contribution < -0.4 is 11.1 Å². The van der Waals surface area contributed by atoms with Crippen molar-refractivity contribution in [2.45, 2.75) is 121 Å². The van der Waals surface area contributed by atoms with Crippen molar-refractivity contribution >= 4 is 11.8 Å². The highest BCUT2D eigenvalue weighted by Gasteiger charge is 2.51. The molecule has 48 heavy (non-hydrogen) atoms. The van der Waals surface area contributed by atoms with E-state index in [9.17, 15) is 25.2 Å². The van der Waals surface area contributed by atoms with Gasteiger partial charge in [-0.1, -0.05) is 57.6 Å². The molecule has 4 rings (SSSR count). The van der Waals surface area contributed by atoms with Crippen molar-refractivity contribution in [3.8, 4) is 0 Å². The van der Waals surface area contributed by atoms with E-state index >= 15 is 0 Å². The number of aliphatic carboxylic acids is 1. The van der Waals surface area contributed by atoms with Crippen LogP contribution >= 0.6 is 0 Å². The number of rotatable bonds is 21. The largest absolute Gasteiger partial charge is 0.481 e. The molecule has 2 aliphatic rings. The lowest BCUT2D eigenvalue weighted by Crippen LogP contribution is -2.48. The second-order valence-corrected chi connectivity index (χ2v) is 14.9. The Bertz CT molecular complexity index is 1250. The molecule has 9 nitrogen and oxygen atoms in total. The third kappa shape index (κ3) is 10.9. The molecule has 0 bridgehead atoms. The molecule has 1 saturated carbocycles. The summed E-state index contributed by atoms with van der Waals surface area (Å²) in [6, 6.07) is 7.86. The number of pyridine rings is 1. The van der Waals surface area contributed by atoms with Gasteiger partial charge in [-0.2, -0.15) is 0 Å². The molecule has 0 unspecified atom stereocenters. The minimum atomic E-state index is -1.08. The quantitative estimate of drug-likeness (QED) is 0.0639. The Morgan fingerprint density at radius 3 is 2.62 bits per heavy atom. The first-order valence-corrected chi connectivity index (χ1v) is 18.6. The van der Waals surface area contributed by atoms with Gasteiger partial charge in [0.1, 0.15) is 5.82 Å². The van der Waals surface area contributed by atoms with Crippen molar-refractivity contribution in [2.24, 2.45) is 35.5 Å². The molecule has 2 aromatic heterocycles. The zero-order valence-corrected chi connectivity index (χ0v) is 29.3. The summed E-state index contributed by atoms with van der Waals surface area (Å²) in [6.45, 7) is 2.69. The van der Waals surface area contributed by atoms with Crippen molar-refractivity contribution < 1.29 is 25.2 Å². The highest BCUT2D eigenvalue weighted by Crippen LogP contribution is 2.48. The number of H-pyrrole nitrogens is 1. The molecule has 2 aliphatic carbocycles. The van der Waals surface area contributed by atoms with Gasteiger partial charge in [-0.3, -0.25) is 4.79 Å². The zero-order valence-electron chi connectivity index (χ0n) is 29.3. The van der Waals surface area contributed by atoms with E-state index in [1.165, 1.54) is 19.3 Å². The number of allylic oxidation sites excluding steroid dienone is 1. The number of aromatic nitrogens is 2. The lowest BCUT2D eigenvalue weighted by Gasteiger charge is -2.40. The van der Waals surface area contributed by atoms with Gasteiger partial charge in [-0.25, -0.2) is 4.98 Å². The van der Waals surface area contributed by atoms with E-state index in [0.29, 0.717) is 44.0 Å². The van der Waals surface area contributed by atoms with Crippen LogP contribution in [0.1, 0.15) is 102 Å². The number of aliphatic hydroxyl groups excluding tert-OH is 2. The smallest absolute Gasteiger partial charge is 0.309 e. The SMILES string of the molecule is CCCCC[C@@H]1C=C[C@@H](CCCCC[C@H](C(=O)O)[C@H](O)C[C@@H](CNC)[C@]2(O)C[C@H](Cc3ccnc(N)c3)C[C@H]2Cc2ccc[nH]2)[C@H](O)C1. The summed E-state index contributed by atoms with van der Waals surface area (Å²) in [5.41, 5.74) is 7.02. The van der Waals surface area contributed by atoms with Crippen molar-refractivity contribution in [1.29, 1.82) is 0 Å². The third-order valence-electron chi connectivity index (χ3n) is 11.3. The van der Waals surface area contributed by atoms with Crippen LogP contribution in [0.2, 0.25) is 0 Å². The second-order valence-electron chi connectivity index (χ2n) is 14.9. The maximum absolute atomic E-state index is 12.5. The normalized spacial score (nSPS) is 27.6. The maximum atomic E-state index is 12.5. The molecule has 2 aromatic rings. The molecule has 0 aliphatic heterocycles. The molecule has 0 spiro atoms. The summed E-state index contributed by atoms with van der Waals surface area (Å²) >= 11 is 0. The van der Waals surface area contributed by atoms with Gasteiger partial charge in [0, 0.05) is 36.5 Å². The number of carboxylic acids is 1. The number of hydrogen-bond acceptors (Lipinski definition) is 7. The summed E-state index contributed by atoms with van der Waals surface area (Å²) < 4.78 is 0. The Balaban J connectivity index is 1.34. The van der Waals surface area contributed by atoms with Crippen molar-refractivity contribution in [3.05, 3.63) is 60.1 Å². The van der Waals surface area contributed by atoms with Crippen LogP contribution in [0.4, 0.5) is 5.82 Å². The van der Waals surface area contributed by atoms with Crippen molar-refractivity contribution in [1.82, 2.24) is 15.3 Å². The van der Waals surface area contributed by atoms with E-state index in [1.54, 1.807) is 6.20 Å². The zero-order chi connectivity index (χ0) is 34.5. The number of carbonyl (C=O) groups is 1. The molecular weight excluding hydrogens is 604 g/mol. The van der Waals surface area contributed by atoms with E-state index in [1.807, 2.05) is 37.5 Å². The fourth-order valence-corrected chi connectivity index (χ4v) is 8.67. The summed E-state index contributed by atoms with van der Waals surface area (Å²) in [5, 5.41) is 48.0. The van der Waals surface area contributed by atoms with Gasteiger partial charge in [-0.05, 0) is 112 Å². The first-order valence-electron chi connectivity index (χ1n) is 18.6. The van der Waals surface area contributed by atoms with Crippen LogP contribution in [0, 0.1) is 35.5 Å². The number of aromatic amines is 1. The van der Waals surface area contributed by atoms with Crippen LogP contribution in [0.3, 0.4) is 0 Å². The first kappa shape index (κ1) is 38.1. The Morgan fingerprint density at radius 2 is 1.94 bits per heavy atom. The summed E-state index contributed by atoms with van der Waals surface area (Å²) in [4.78, 5) is 19.8. The molecule has 9 atom stereocenters. The molecule has 9 heteroatoms. The summed E-state index contributed by atoms with van der Waals surface area (Å²) in [7, 11) is 1.84. The lowest BCUT2D eigenvalue weighted by atomic mass is 9.73. The third-order valence-corrected chi connectivity index (χ3v) is 11.3. The van der Waals surface area contributed by atoms with E-state index < -0.39 is 23.6 Å². The van der Waals surface area contributed by atoms with Gasteiger partial charge in [0.2, 0.25) is 0 Å². The Labute approximate surface area is 287 Å². The van der Waals surface area contributed by atoms with Crippen LogP contribution in [-0.2, 0) is 17.6 Å². The molecule has 0 amide bonds. The minimum absolute atomic E-state index is 0.0510. The second kappa shape index (κ2) is 18.9. The van der Waals surface area contributed by atoms with E-state index in [4.69, 9.17) is 5.73 Å². The monoisotopic (exact) mass is 666 g/mol. The van der Waals surface area contributed by atoms with Crippen LogP contribution in [0.25, 0.3) is 0 Å². The molecule has 2 heterocycles. The highest BCUT2D eigenvalue weighted by atomic mass is 16.4. The number of nitrogens with two attached hydrogens (primary N) is 1. The molecular formula is C39H62N4O5. The molecule has 0 aromatic carbocycles. The van der Waals surface area contributed by atoms with Crippen LogP contribution in [0.15, 0.2) is 48.8 Å². The summed E-state index contributed by atoms with van der Waals surface area (Å²) in [6.07, 6.45) is 19.2. The number of nitrogens with zero attached hydrogens (tertiary/aromatic N) is 1. The molecule has 0 radical (unpaired) electrons. The number of nitrogens with one attached hydrogen (secondary N) is 2. The fourth-order valence-electron chi connectivity index (χ4n) is 8.67. The van der Waals surface area contributed by atoms with Crippen molar-refractivity contribution in [2.75, 3.05) is 19.3 Å². The Hall–Kier alpha value is -2.72. The van der Waals surface area contributed by atoms with Gasteiger partial charge < -0.3 is 36.5 Å². The predicted molar refractivity (Wildman–Crippen MR) is 191 cm³/mol. The predicted octanol–water partition coefficient (Wildman–Crippen LogP) is 5.91. The summed E-state index contributed by atoms with van der Waals surface area (Å²) in [5.74, 6) is -0.910. The number of aliphatic hydroxyl groups is 3. The highest BCUT2D eigenvalue weighted by molar-refractivity contribution is 5.70. The number of hydrogen-bond donors (Lipinski definition) is 7. The van der Waals surface area contributed by atoms with Crippen LogP contribution in [-0.4, -0.2) is 67.8 Å². The van der Waals surface area contributed by atoms with Crippen molar-refractivity contribution in [3.63, 3.8) is 0 Å². The average molecular weight is 667 g/mol. The first-order chi connectivity index (χ1) is 23.1. The number of carboxylic acid groups (broad SMARTS) is 1. The van der Waals surface area contributed by atoms with Gasteiger partial charge in [0.25, 0.3) is 0 Å². The van der Waals surface area contributed by atoms with Crippen LogP contribution in [0.5, 0.6) is 0 Å². The Morgan fingerprint density at radius 1 is 1.12 bits per heavy atom. The lowest BCUT2D eigenvalue weighted by molar-refractivity contribution is -0.148. The fraction of sp³-hybridized carbons (Fsp3) is 0.692. The van der Waals surface area contributed by atoms with Gasteiger partial charge in [0.05, 0.1) is 23.7 Å². The molecule has 0 saturated heterocycles. The topological polar surface area (TPSA) is 165 Å². The Kier molecular flexibility index (Phi) is 15.0. The van der Waals surface area contributed by atoms with E-state index in [2.05, 4.69) is 34.4 Å². The van der Waals surface area contributed by atoms with Gasteiger partial charge in [-0.15, -0.1) is 0 Å². The maximum Gasteiger partial charge on any atom is 0.309 e. The number of unbranched alkanes of at least 4 members (excludes halogenated alkanes) is 4. The van der Waals surface area contributed by atoms with Gasteiger partial charge in [0.15, 0.2) is 0 Å². The molecule has 8 N–H and O–H groups in total. The molecule has 1 fully saturated rings. The number of anilines is 1.